The Labute approximate surface area is 182 Å². The average Bonchev–Trinajstić information content (AvgIpc) is 3.16. The molecule has 164 valence electrons. The predicted molar refractivity (Wildman–Crippen MR) is 103 cm³/mol. The highest BCUT2D eigenvalue weighted by atomic mass is 35.5. The summed E-state index contributed by atoms with van der Waals surface area (Å²) in [5.74, 6) is -0.759. The molecule has 31 heavy (non-hydrogen) atoms. The van der Waals surface area contributed by atoms with Crippen LogP contribution in [0.4, 0.5) is 23.2 Å². The smallest absolute Gasteiger partial charge is 0.370 e. The fourth-order valence-electron chi connectivity index (χ4n) is 3.58. The number of hydrogen-bond donors (Lipinski definition) is 1. The van der Waals surface area contributed by atoms with Gasteiger partial charge in [0.15, 0.2) is 0 Å². The molecule has 0 aliphatic carbocycles. The molecule has 2 aromatic heterocycles. The van der Waals surface area contributed by atoms with Crippen LogP contribution in [0.1, 0.15) is 32.9 Å². The molecule has 0 saturated heterocycles. The van der Waals surface area contributed by atoms with E-state index in [9.17, 15) is 22.4 Å². The number of anilines is 1. The van der Waals surface area contributed by atoms with Crippen LogP contribution >= 0.6 is 11.6 Å². The summed E-state index contributed by atoms with van der Waals surface area (Å²) in [6.45, 7) is 0.537. The van der Waals surface area contributed by atoms with Crippen molar-refractivity contribution in [1.29, 1.82) is 0 Å². The van der Waals surface area contributed by atoms with Gasteiger partial charge in [0.25, 0.3) is 5.56 Å². The highest BCUT2D eigenvalue weighted by Gasteiger charge is 2.37. The van der Waals surface area contributed by atoms with E-state index in [-0.39, 0.29) is 30.4 Å². The zero-order chi connectivity index (χ0) is 24.8. The van der Waals surface area contributed by atoms with Crippen LogP contribution in [0.5, 0.6) is 0 Å². The summed E-state index contributed by atoms with van der Waals surface area (Å²) >= 11 is 6.06. The molecule has 0 saturated carbocycles. The van der Waals surface area contributed by atoms with E-state index in [1.54, 1.807) is 4.90 Å². The molecule has 7 nitrogen and oxygen atoms in total. The lowest BCUT2D eigenvalue weighted by Crippen LogP contribution is -2.36. The number of nitrogens with one attached hydrogen (secondary N) is 1. The predicted octanol–water partition coefficient (Wildman–Crippen LogP) is 3.53. The van der Waals surface area contributed by atoms with Crippen LogP contribution in [0.3, 0.4) is 0 Å². The summed E-state index contributed by atoms with van der Waals surface area (Å²) in [6, 6.07) is 1.95. The van der Waals surface area contributed by atoms with E-state index in [0.717, 1.165) is 12.1 Å². The van der Waals surface area contributed by atoms with Crippen LogP contribution in [0.2, 0.25) is 5.02 Å². The van der Waals surface area contributed by atoms with Crippen molar-refractivity contribution in [3.63, 3.8) is 0 Å². The maximum atomic E-state index is 13.7. The van der Waals surface area contributed by atoms with E-state index >= 15 is 0 Å². The number of fused-ring (bicyclic) bond motifs is 1. The number of halogens is 5. The molecule has 0 fully saturated rings. The third-order valence-electron chi connectivity index (χ3n) is 5.00. The standard InChI is InChI=1S/C19H16ClF4N5O2/c1-31-17(11-3-2-10(21)6-12(11)19(22,23)24)14-7-25-15-9-28(4-5-29(14)15)13-8-26-27-18(30)16(13)20/h2-3,6-8,17H,4-5,9H2,1H3,(H,27,30)/i1D3. The topological polar surface area (TPSA) is 76.0 Å². The van der Waals surface area contributed by atoms with Gasteiger partial charge in [0.05, 0.1) is 40.0 Å². The quantitative estimate of drug-likeness (QED) is 0.603. The average molecular weight is 461 g/mol. The molecular formula is C19H16ClF4N5O2. The van der Waals surface area contributed by atoms with E-state index in [1.165, 1.54) is 17.0 Å². The van der Waals surface area contributed by atoms with Crippen LogP contribution in [0.25, 0.3) is 0 Å². The van der Waals surface area contributed by atoms with E-state index in [2.05, 4.69) is 15.2 Å². The number of imidazole rings is 1. The van der Waals surface area contributed by atoms with Crippen LogP contribution in [0, 0.1) is 5.82 Å². The number of methoxy groups -OCH3 is 1. The first kappa shape index (κ1) is 17.7. The van der Waals surface area contributed by atoms with Crippen molar-refractivity contribution >= 4 is 17.3 Å². The first-order chi connectivity index (χ1) is 15.8. The largest absolute Gasteiger partial charge is 0.416 e. The summed E-state index contributed by atoms with van der Waals surface area (Å²) < 4.78 is 83.7. The summed E-state index contributed by atoms with van der Waals surface area (Å²) in [5, 5.41) is 5.84. The van der Waals surface area contributed by atoms with Crippen LogP contribution in [-0.2, 0) is 24.0 Å². The molecule has 0 radical (unpaired) electrons. The SMILES string of the molecule is [2H]C([2H])([2H])OC(c1ccc(F)cc1C(F)(F)F)c1cnc2n1CCN(c1cn[nH]c(=O)c1Cl)C2. The fourth-order valence-corrected chi connectivity index (χ4v) is 3.79. The van der Waals surface area contributed by atoms with Crippen molar-refractivity contribution < 1.29 is 26.4 Å². The van der Waals surface area contributed by atoms with Gasteiger partial charge in [0.2, 0.25) is 0 Å². The van der Waals surface area contributed by atoms with Gasteiger partial charge in [0, 0.05) is 20.1 Å². The second-order valence-corrected chi connectivity index (χ2v) is 7.18. The number of ether oxygens (including phenoxy) is 1. The Hall–Kier alpha value is -2.92. The van der Waals surface area contributed by atoms with E-state index in [4.69, 9.17) is 20.5 Å². The zero-order valence-electron chi connectivity index (χ0n) is 18.6. The lowest BCUT2D eigenvalue weighted by Gasteiger charge is -2.31. The van der Waals surface area contributed by atoms with Crippen molar-refractivity contribution in [2.45, 2.75) is 25.4 Å². The van der Waals surface area contributed by atoms with E-state index in [1.807, 2.05) is 0 Å². The van der Waals surface area contributed by atoms with Gasteiger partial charge in [-0.05, 0) is 17.7 Å². The van der Waals surface area contributed by atoms with Gasteiger partial charge in [0.1, 0.15) is 22.8 Å². The van der Waals surface area contributed by atoms with E-state index in [0.29, 0.717) is 17.6 Å². The molecule has 3 aromatic rings. The van der Waals surface area contributed by atoms with Crippen molar-refractivity contribution in [1.82, 2.24) is 19.7 Å². The Kier molecular flexibility index (Phi) is 4.56. The molecule has 0 spiro atoms. The molecule has 1 unspecified atom stereocenters. The second kappa shape index (κ2) is 7.97. The molecule has 1 aromatic carbocycles. The Balaban J connectivity index is 1.77. The molecule has 12 heteroatoms. The Morgan fingerprint density at radius 1 is 1.32 bits per heavy atom. The van der Waals surface area contributed by atoms with Gasteiger partial charge in [-0.1, -0.05) is 17.7 Å². The molecular weight excluding hydrogens is 442 g/mol. The number of alkyl halides is 3. The van der Waals surface area contributed by atoms with Crippen molar-refractivity contribution in [2.75, 3.05) is 18.5 Å². The van der Waals surface area contributed by atoms with Crippen LogP contribution in [-0.4, -0.2) is 33.3 Å². The Bertz CT molecular complexity index is 1280. The molecule has 1 N–H and O–H groups in total. The number of aromatic nitrogens is 4. The molecule has 1 aliphatic heterocycles. The molecule has 3 heterocycles. The summed E-state index contributed by atoms with van der Waals surface area (Å²) in [7, 11) is -3.06. The summed E-state index contributed by atoms with van der Waals surface area (Å²) in [4.78, 5) is 17.7. The number of rotatable bonds is 4. The number of H-pyrrole nitrogens is 1. The first-order valence-corrected chi connectivity index (χ1v) is 9.30. The fraction of sp³-hybridized carbons (Fsp3) is 0.316. The normalized spacial score (nSPS) is 16.9. The monoisotopic (exact) mass is 460 g/mol. The number of aromatic amines is 1. The first-order valence-electron chi connectivity index (χ1n) is 10.4. The molecule has 1 aliphatic rings. The Morgan fingerprint density at radius 3 is 2.87 bits per heavy atom. The molecule has 0 bridgehead atoms. The van der Waals surface area contributed by atoms with Crippen molar-refractivity contribution in [3.05, 3.63) is 74.4 Å². The van der Waals surface area contributed by atoms with Gasteiger partial charge in [-0.15, -0.1) is 0 Å². The lowest BCUT2D eigenvalue weighted by atomic mass is 9.99. The number of benzene rings is 1. The summed E-state index contributed by atoms with van der Waals surface area (Å²) in [6.07, 6.45) is -4.09. The highest BCUT2D eigenvalue weighted by Crippen LogP contribution is 2.39. The van der Waals surface area contributed by atoms with Gasteiger partial charge in [-0.25, -0.2) is 14.5 Å². The number of nitrogens with zero attached hydrogens (tertiary/aromatic N) is 4. The summed E-state index contributed by atoms with van der Waals surface area (Å²) in [5.41, 5.74) is -2.10. The highest BCUT2D eigenvalue weighted by molar-refractivity contribution is 6.32. The van der Waals surface area contributed by atoms with Crippen LogP contribution < -0.4 is 10.5 Å². The second-order valence-electron chi connectivity index (χ2n) is 6.80. The maximum absolute atomic E-state index is 13.7. The lowest BCUT2D eigenvalue weighted by molar-refractivity contribution is -0.139. The minimum absolute atomic E-state index is 0.0537. The van der Waals surface area contributed by atoms with Crippen molar-refractivity contribution in [2.24, 2.45) is 0 Å². The van der Waals surface area contributed by atoms with Gasteiger partial charge >= 0.3 is 6.18 Å². The minimum atomic E-state index is -4.96. The zero-order valence-corrected chi connectivity index (χ0v) is 16.3. The molecule has 4 rings (SSSR count). The third kappa shape index (κ3) is 3.90. The number of hydrogen-bond acceptors (Lipinski definition) is 5. The van der Waals surface area contributed by atoms with Gasteiger partial charge in [-0.2, -0.15) is 18.3 Å². The minimum Gasteiger partial charge on any atom is -0.370 e. The van der Waals surface area contributed by atoms with Crippen molar-refractivity contribution in [3.8, 4) is 0 Å². The Morgan fingerprint density at radius 2 is 2.13 bits per heavy atom. The maximum Gasteiger partial charge on any atom is 0.416 e. The van der Waals surface area contributed by atoms with E-state index < -0.39 is 41.8 Å². The van der Waals surface area contributed by atoms with Gasteiger partial charge in [-0.3, -0.25) is 4.79 Å². The van der Waals surface area contributed by atoms with Crippen LogP contribution in [0.15, 0.2) is 35.4 Å². The molecule has 0 amide bonds. The molecule has 1 atom stereocenters. The third-order valence-corrected chi connectivity index (χ3v) is 5.37. The van der Waals surface area contributed by atoms with Gasteiger partial charge < -0.3 is 14.2 Å².